The Hall–Kier alpha value is -1.97. The average Bonchev–Trinajstić information content (AvgIpc) is 2.55. The number of carbonyl (C=O) groups is 1. The van der Waals surface area contributed by atoms with Gasteiger partial charge in [0.2, 0.25) is 0 Å². The zero-order valence-electron chi connectivity index (χ0n) is 12.9. The van der Waals surface area contributed by atoms with Gasteiger partial charge in [-0.1, -0.05) is 6.07 Å². The number of nitrogens with zero attached hydrogens (tertiary/aromatic N) is 1. The van der Waals surface area contributed by atoms with Crippen molar-refractivity contribution in [3.05, 3.63) is 36.0 Å². The molecule has 0 fully saturated rings. The lowest BCUT2D eigenvalue weighted by Crippen LogP contribution is -2.26. The van der Waals surface area contributed by atoms with E-state index in [0.717, 1.165) is 17.0 Å². The molecule has 0 unspecified atom stereocenters. The van der Waals surface area contributed by atoms with Crippen LogP contribution in [0.5, 0.6) is 0 Å². The van der Waals surface area contributed by atoms with Gasteiger partial charge < -0.3 is 15.4 Å². The second kappa shape index (κ2) is 10.7. The van der Waals surface area contributed by atoms with Crippen LogP contribution in [-0.2, 0) is 9.53 Å². The third-order valence-corrected chi connectivity index (χ3v) is 3.50. The van der Waals surface area contributed by atoms with E-state index in [9.17, 15) is 4.79 Å². The van der Waals surface area contributed by atoms with Gasteiger partial charge in [0.25, 0.3) is 5.91 Å². The summed E-state index contributed by atoms with van der Waals surface area (Å²) in [6.07, 6.45) is 4.14. The Balaban J connectivity index is 2.51. The van der Waals surface area contributed by atoms with Crippen LogP contribution in [0.3, 0.4) is 0 Å². The number of rotatable bonds is 9. The number of carbonyl (C=O) groups excluding carboxylic acids is 1. The van der Waals surface area contributed by atoms with E-state index in [2.05, 4.69) is 10.6 Å². The Morgan fingerprint density at radius 1 is 1.50 bits per heavy atom. The number of hydrogen-bond donors (Lipinski definition) is 2. The van der Waals surface area contributed by atoms with Crippen LogP contribution in [0.4, 0.5) is 5.69 Å². The SMILES string of the molecule is CCOCCCNC(=O)/C(C#N)=C\Nc1cccc(SC)c1. The minimum absolute atomic E-state index is 0.0472. The minimum atomic E-state index is -0.382. The molecular formula is C16H21N3O2S. The molecular weight excluding hydrogens is 298 g/mol. The zero-order chi connectivity index (χ0) is 16.2. The van der Waals surface area contributed by atoms with E-state index in [-0.39, 0.29) is 11.5 Å². The second-order valence-corrected chi connectivity index (χ2v) is 5.23. The second-order valence-electron chi connectivity index (χ2n) is 4.35. The van der Waals surface area contributed by atoms with Crippen molar-refractivity contribution in [1.29, 1.82) is 5.26 Å². The molecule has 0 saturated heterocycles. The molecule has 0 aliphatic heterocycles. The van der Waals surface area contributed by atoms with Crippen LogP contribution in [-0.4, -0.2) is 31.9 Å². The summed E-state index contributed by atoms with van der Waals surface area (Å²) < 4.78 is 5.18. The normalized spacial score (nSPS) is 10.9. The van der Waals surface area contributed by atoms with E-state index in [1.165, 1.54) is 6.20 Å². The Kier molecular flexibility index (Phi) is 8.80. The molecule has 0 aliphatic rings. The maximum absolute atomic E-state index is 11.9. The van der Waals surface area contributed by atoms with Crippen molar-refractivity contribution in [2.24, 2.45) is 0 Å². The van der Waals surface area contributed by atoms with Crippen molar-refractivity contribution in [1.82, 2.24) is 5.32 Å². The monoisotopic (exact) mass is 319 g/mol. The smallest absolute Gasteiger partial charge is 0.263 e. The highest BCUT2D eigenvalue weighted by atomic mass is 32.2. The fraction of sp³-hybridized carbons (Fsp3) is 0.375. The van der Waals surface area contributed by atoms with Crippen molar-refractivity contribution in [3.8, 4) is 6.07 Å². The number of benzene rings is 1. The molecule has 118 valence electrons. The van der Waals surface area contributed by atoms with Crippen LogP contribution in [0.15, 0.2) is 40.9 Å². The molecule has 0 atom stereocenters. The van der Waals surface area contributed by atoms with Crippen molar-refractivity contribution in [3.63, 3.8) is 0 Å². The molecule has 1 aromatic rings. The van der Waals surface area contributed by atoms with Gasteiger partial charge in [-0.2, -0.15) is 5.26 Å². The van der Waals surface area contributed by atoms with E-state index in [1.807, 2.05) is 43.5 Å². The van der Waals surface area contributed by atoms with Gasteiger partial charge in [-0.25, -0.2) is 0 Å². The predicted octanol–water partition coefficient (Wildman–Crippen LogP) is 2.77. The first-order valence-corrected chi connectivity index (χ1v) is 8.30. The summed E-state index contributed by atoms with van der Waals surface area (Å²) in [5, 5.41) is 14.7. The molecule has 0 aliphatic carbocycles. The Morgan fingerprint density at radius 3 is 3.00 bits per heavy atom. The zero-order valence-corrected chi connectivity index (χ0v) is 13.7. The first-order valence-electron chi connectivity index (χ1n) is 7.08. The molecule has 1 rings (SSSR count). The van der Waals surface area contributed by atoms with Crippen molar-refractivity contribution < 1.29 is 9.53 Å². The average molecular weight is 319 g/mol. The van der Waals surface area contributed by atoms with Crippen LogP contribution in [0.25, 0.3) is 0 Å². The highest BCUT2D eigenvalue weighted by Crippen LogP contribution is 2.19. The molecule has 1 amide bonds. The van der Waals surface area contributed by atoms with Gasteiger partial charge >= 0.3 is 0 Å². The lowest BCUT2D eigenvalue weighted by atomic mass is 10.2. The number of nitrogens with one attached hydrogen (secondary N) is 2. The van der Waals surface area contributed by atoms with Crippen LogP contribution in [0, 0.1) is 11.3 Å². The first kappa shape index (κ1) is 18.1. The topological polar surface area (TPSA) is 74.1 Å². The van der Waals surface area contributed by atoms with Crippen molar-refractivity contribution in [2.45, 2.75) is 18.2 Å². The minimum Gasteiger partial charge on any atom is -0.382 e. The van der Waals surface area contributed by atoms with E-state index in [0.29, 0.717) is 19.8 Å². The van der Waals surface area contributed by atoms with Crippen LogP contribution >= 0.6 is 11.8 Å². The molecule has 1 aromatic carbocycles. The summed E-state index contributed by atoms with van der Waals surface area (Å²) in [6, 6.07) is 9.65. The van der Waals surface area contributed by atoms with Crippen LogP contribution in [0.2, 0.25) is 0 Å². The van der Waals surface area contributed by atoms with Crippen molar-refractivity contribution >= 4 is 23.4 Å². The lowest BCUT2D eigenvalue weighted by molar-refractivity contribution is -0.117. The molecule has 5 nitrogen and oxygen atoms in total. The van der Waals surface area contributed by atoms with E-state index >= 15 is 0 Å². The van der Waals surface area contributed by atoms with Gasteiger partial charge in [0.05, 0.1) is 0 Å². The van der Waals surface area contributed by atoms with Gasteiger partial charge in [0.1, 0.15) is 11.6 Å². The van der Waals surface area contributed by atoms with E-state index in [1.54, 1.807) is 11.8 Å². The molecule has 0 spiro atoms. The van der Waals surface area contributed by atoms with Gasteiger partial charge in [0, 0.05) is 36.5 Å². The fourth-order valence-electron chi connectivity index (χ4n) is 1.63. The number of anilines is 1. The van der Waals surface area contributed by atoms with E-state index < -0.39 is 0 Å². The molecule has 0 radical (unpaired) electrons. The Labute approximate surface area is 135 Å². The molecule has 0 saturated carbocycles. The van der Waals surface area contributed by atoms with Gasteiger partial charge in [-0.3, -0.25) is 4.79 Å². The summed E-state index contributed by atoms with van der Waals surface area (Å²) in [5.74, 6) is -0.382. The maximum atomic E-state index is 11.9. The molecule has 2 N–H and O–H groups in total. The predicted molar refractivity (Wildman–Crippen MR) is 89.7 cm³/mol. The molecule has 0 aromatic heterocycles. The van der Waals surface area contributed by atoms with Crippen molar-refractivity contribution in [2.75, 3.05) is 31.3 Å². The summed E-state index contributed by atoms with van der Waals surface area (Å²) in [6.45, 7) is 3.67. The number of hydrogen-bond acceptors (Lipinski definition) is 5. The van der Waals surface area contributed by atoms with Crippen LogP contribution < -0.4 is 10.6 Å². The molecule has 22 heavy (non-hydrogen) atoms. The largest absolute Gasteiger partial charge is 0.382 e. The summed E-state index contributed by atoms with van der Waals surface area (Å²) >= 11 is 1.63. The number of ether oxygens (including phenoxy) is 1. The summed E-state index contributed by atoms with van der Waals surface area (Å²) in [7, 11) is 0. The molecule has 0 heterocycles. The molecule has 6 heteroatoms. The fourth-order valence-corrected chi connectivity index (χ4v) is 2.09. The third kappa shape index (κ3) is 6.66. The molecule has 0 bridgehead atoms. The first-order chi connectivity index (χ1) is 10.7. The summed E-state index contributed by atoms with van der Waals surface area (Å²) in [5.41, 5.74) is 0.884. The quantitative estimate of drug-likeness (QED) is 0.317. The van der Waals surface area contributed by atoms with Gasteiger partial charge in [-0.05, 0) is 37.8 Å². The van der Waals surface area contributed by atoms with Gasteiger partial charge in [0.15, 0.2) is 0 Å². The van der Waals surface area contributed by atoms with Crippen LogP contribution in [0.1, 0.15) is 13.3 Å². The Morgan fingerprint density at radius 2 is 2.32 bits per heavy atom. The van der Waals surface area contributed by atoms with E-state index in [4.69, 9.17) is 10.00 Å². The number of thioether (sulfide) groups is 1. The van der Waals surface area contributed by atoms with Gasteiger partial charge in [-0.15, -0.1) is 11.8 Å². The highest BCUT2D eigenvalue weighted by molar-refractivity contribution is 7.98. The lowest BCUT2D eigenvalue weighted by Gasteiger charge is -2.06. The third-order valence-electron chi connectivity index (χ3n) is 2.77. The Bertz CT molecular complexity index is 553. The highest BCUT2D eigenvalue weighted by Gasteiger charge is 2.07. The number of amides is 1. The summed E-state index contributed by atoms with van der Waals surface area (Å²) in [4.78, 5) is 13.0. The maximum Gasteiger partial charge on any atom is 0.263 e. The standard InChI is InChI=1S/C16H21N3O2S/c1-3-21-9-5-8-18-16(20)13(11-17)12-19-14-6-4-7-15(10-14)22-2/h4,6-7,10,12,19H,3,5,8-9H2,1-2H3,(H,18,20)/b13-12-. The number of nitriles is 1.